The Labute approximate surface area is 116 Å². The van der Waals surface area contributed by atoms with Crippen molar-refractivity contribution in [1.29, 1.82) is 0 Å². The first-order valence-electron chi connectivity index (χ1n) is 7.35. The quantitative estimate of drug-likeness (QED) is 0.769. The lowest BCUT2D eigenvalue weighted by Gasteiger charge is -2.31. The third-order valence-electron chi connectivity index (χ3n) is 4.32. The van der Waals surface area contributed by atoms with Gasteiger partial charge in [-0.25, -0.2) is 0 Å². The highest BCUT2D eigenvalue weighted by atomic mass is 16.1. The zero-order chi connectivity index (χ0) is 13.8. The Hall–Kier alpha value is -0.870. The number of nitrogens with zero attached hydrogens (tertiary/aromatic N) is 2. The van der Waals surface area contributed by atoms with Gasteiger partial charge in [0, 0.05) is 31.8 Å². The molecule has 0 bridgehead atoms. The summed E-state index contributed by atoms with van der Waals surface area (Å²) >= 11 is 0. The second-order valence-electron chi connectivity index (χ2n) is 6.42. The predicted octanol–water partition coefficient (Wildman–Crippen LogP) is 0.951. The molecule has 0 spiro atoms. The van der Waals surface area contributed by atoms with Crippen molar-refractivity contribution in [3.05, 3.63) is 12.2 Å². The van der Waals surface area contributed by atoms with Gasteiger partial charge in [0.05, 0.1) is 0 Å². The third kappa shape index (κ3) is 4.32. The number of nitrogens with one attached hydrogen (secondary N) is 1. The average Bonchev–Trinajstić information content (AvgIpc) is 2.67. The van der Waals surface area contributed by atoms with E-state index in [0.29, 0.717) is 6.04 Å². The van der Waals surface area contributed by atoms with Gasteiger partial charge in [0.15, 0.2) is 0 Å². The minimum Gasteiger partial charge on any atom is -0.350 e. The van der Waals surface area contributed by atoms with Gasteiger partial charge in [-0.15, -0.1) is 0 Å². The van der Waals surface area contributed by atoms with Crippen molar-refractivity contribution in [3.63, 3.8) is 0 Å². The van der Waals surface area contributed by atoms with Crippen LogP contribution >= 0.6 is 0 Å². The minimum absolute atomic E-state index is 0.0663. The zero-order valence-corrected chi connectivity index (χ0v) is 12.4. The fraction of sp³-hybridized carbons (Fsp3) is 0.800. The first kappa shape index (κ1) is 14.5. The highest BCUT2D eigenvalue weighted by molar-refractivity contribution is 5.87. The van der Waals surface area contributed by atoms with E-state index >= 15 is 0 Å². The van der Waals surface area contributed by atoms with Crippen LogP contribution in [0.2, 0.25) is 0 Å². The van der Waals surface area contributed by atoms with Crippen LogP contribution < -0.4 is 5.32 Å². The molecule has 2 aliphatic rings. The van der Waals surface area contributed by atoms with Gasteiger partial charge in [-0.3, -0.25) is 4.79 Å². The Balaban J connectivity index is 1.75. The fourth-order valence-corrected chi connectivity index (χ4v) is 3.42. The monoisotopic (exact) mass is 265 g/mol. The average molecular weight is 265 g/mol. The molecule has 0 aromatic carbocycles. The molecule has 4 heteroatoms. The van der Waals surface area contributed by atoms with Gasteiger partial charge in [0.2, 0.25) is 5.91 Å². The Morgan fingerprint density at radius 1 is 1.32 bits per heavy atom. The number of amides is 1. The first-order valence-corrected chi connectivity index (χ1v) is 7.35. The lowest BCUT2D eigenvalue weighted by molar-refractivity contribution is -0.117. The van der Waals surface area contributed by atoms with Crippen LogP contribution in [0.4, 0.5) is 0 Å². The molecule has 1 N–H and O–H groups in total. The highest BCUT2D eigenvalue weighted by Crippen LogP contribution is 2.35. The molecule has 3 unspecified atom stereocenters. The maximum Gasteiger partial charge on any atom is 0.243 e. The summed E-state index contributed by atoms with van der Waals surface area (Å²) < 4.78 is 0. The maximum absolute atomic E-state index is 11.8. The van der Waals surface area contributed by atoms with Crippen LogP contribution in [0.1, 0.15) is 19.3 Å². The number of carbonyl (C=O) groups is 1. The predicted molar refractivity (Wildman–Crippen MR) is 78.0 cm³/mol. The molecule has 1 saturated heterocycles. The lowest BCUT2D eigenvalue weighted by atomic mass is 9.79. The van der Waals surface area contributed by atoms with Crippen molar-refractivity contribution in [3.8, 4) is 0 Å². The van der Waals surface area contributed by atoms with Gasteiger partial charge in [0.1, 0.15) is 0 Å². The van der Waals surface area contributed by atoms with Gasteiger partial charge < -0.3 is 15.1 Å². The van der Waals surface area contributed by atoms with Crippen molar-refractivity contribution >= 4 is 5.91 Å². The van der Waals surface area contributed by atoms with Crippen LogP contribution in [-0.4, -0.2) is 62.5 Å². The summed E-state index contributed by atoms with van der Waals surface area (Å²) in [6.45, 7) is 3.26. The summed E-state index contributed by atoms with van der Waals surface area (Å²) in [5.41, 5.74) is 0. The Morgan fingerprint density at radius 3 is 2.79 bits per heavy atom. The smallest absolute Gasteiger partial charge is 0.243 e. The van der Waals surface area contributed by atoms with E-state index in [0.717, 1.165) is 31.2 Å². The summed E-state index contributed by atoms with van der Waals surface area (Å²) in [5, 5.41) is 3.16. The van der Waals surface area contributed by atoms with Gasteiger partial charge in [-0.1, -0.05) is 6.08 Å². The Morgan fingerprint density at radius 2 is 2.05 bits per heavy atom. The molecule has 0 aromatic heterocycles. The normalized spacial score (nSPS) is 31.9. The number of rotatable bonds is 4. The van der Waals surface area contributed by atoms with Crippen molar-refractivity contribution in [2.75, 3.05) is 40.8 Å². The Kier molecular flexibility index (Phi) is 4.99. The van der Waals surface area contributed by atoms with Gasteiger partial charge in [0.25, 0.3) is 0 Å². The van der Waals surface area contributed by atoms with Gasteiger partial charge in [-0.05, 0) is 52.2 Å². The van der Waals surface area contributed by atoms with Crippen LogP contribution in [0.15, 0.2) is 12.2 Å². The SMILES string of the molecule is CN(C)C/C=C/C(=O)NC1CCC2CN(C)CC2C1. The summed E-state index contributed by atoms with van der Waals surface area (Å²) in [7, 11) is 6.20. The lowest BCUT2D eigenvalue weighted by Crippen LogP contribution is -2.40. The summed E-state index contributed by atoms with van der Waals surface area (Å²) in [6, 6.07) is 0.379. The second-order valence-corrected chi connectivity index (χ2v) is 6.42. The molecule has 2 fully saturated rings. The number of likely N-dealkylation sites (N-methyl/N-ethyl adjacent to an activating group) is 1. The zero-order valence-electron chi connectivity index (χ0n) is 12.4. The number of likely N-dealkylation sites (tertiary alicyclic amines) is 1. The largest absolute Gasteiger partial charge is 0.350 e. The molecule has 1 heterocycles. The summed E-state index contributed by atoms with van der Waals surface area (Å²) in [5.74, 6) is 1.72. The molecule has 3 atom stereocenters. The fourth-order valence-electron chi connectivity index (χ4n) is 3.42. The third-order valence-corrected chi connectivity index (χ3v) is 4.32. The molecule has 1 aliphatic carbocycles. The van der Waals surface area contributed by atoms with E-state index in [1.165, 1.54) is 19.5 Å². The van der Waals surface area contributed by atoms with E-state index in [2.05, 4.69) is 17.3 Å². The van der Waals surface area contributed by atoms with Crippen LogP contribution in [0, 0.1) is 11.8 Å². The molecule has 1 amide bonds. The molecular weight excluding hydrogens is 238 g/mol. The van der Waals surface area contributed by atoms with Crippen LogP contribution in [0.3, 0.4) is 0 Å². The molecule has 0 aromatic rings. The summed E-state index contributed by atoms with van der Waals surface area (Å²) in [4.78, 5) is 16.3. The van der Waals surface area contributed by atoms with E-state index in [-0.39, 0.29) is 5.91 Å². The topological polar surface area (TPSA) is 35.6 Å². The maximum atomic E-state index is 11.8. The Bertz CT molecular complexity index is 340. The van der Waals surface area contributed by atoms with Gasteiger partial charge in [-0.2, -0.15) is 0 Å². The van der Waals surface area contributed by atoms with Crippen molar-refractivity contribution < 1.29 is 4.79 Å². The molecule has 4 nitrogen and oxygen atoms in total. The van der Waals surface area contributed by atoms with Crippen molar-refractivity contribution in [2.45, 2.75) is 25.3 Å². The molecular formula is C15H27N3O. The van der Waals surface area contributed by atoms with E-state index < -0.39 is 0 Å². The van der Waals surface area contributed by atoms with Crippen molar-refractivity contribution in [1.82, 2.24) is 15.1 Å². The van der Waals surface area contributed by atoms with E-state index in [4.69, 9.17) is 0 Å². The molecule has 19 heavy (non-hydrogen) atoms. The highest BCUT2D eigenvalue weighted by Gasteiger charge is 2.36. The molecule has 1 saturated carbocycles. The first-order chi connectivity index (χ1) is 9.04. The van der Waals surface area contributed by atoms with Gasteiger partial charge >= 0.3 is 0 Å². The number of carbonyl (C=O) groups excluding carboxylic acids is 1. The van der Waals surface area contributed by atoms with Crippen LogP contribution in [0.25, 0.3) is 0 Å². The van der Waals surface area contributed by atoms with E-state index in [9.17, 15) is 4.79 Å². The van der Waals surface area contributed by atoms with Crippen LogP contribution in [-0.2, 0) is 4.79 Å². The standard InChI is InChI=1S/C15H27N3O/c1-17(2)8-4-5-15(19)16-14-7-6-12-10-18(3)11-13(12)9-14/h4-5,12-14H,6-11H2,1-3H3,(H,16,19)/b5-4+. The molecule has 1 aliphatic heterocycles. The van der Waals surface area contributed by atoms with E-state index in [1.54, 1.807) is 6.08 Å². The second kappa shape index (κ2) is 6.53. The van der Waals surface area contributed by atoms with Crippen molar-refractivity contribution in [2.24, 2.45) is 11.8 Å². The molecule has 2 rings (SSSR count). The molecule has 108 valence electrons. The number of hydrogen-bond acceptors (Lipinski definition) is 3. The summed E-state index contributed by atoms with van der Waals surface area (Å²) in [6.07, 6.45) is 7.16. The van der Waals surface area contributed by atoms with E-state index in [1.807, 2.05) is 25.1 Å². The number of fused-ring (bicyclic) bond motifs is 1. The molecule has 0 radical (unpaired) electrons. The van der Waals surface area contributed by atoms with Crippen LogP contribution in [0.5, 0.6) is 0 Å². The minimum atomic E-state index is 0.0663. The number of hydrogen-bond donors (Lipinski definition) is 1.